The molecule has 0 bridgehead atoms. The Labute approximate surface area is 108 Å². The lowest BCUT2D eigenvalue weighted by Gasteiger charge is -2.44. The molecule has 1 aliphatic rings. The van der Waals surface area contributed by atoms with Gasteiger partial charge in [0.15, 0.2) is 6.29 Å². The Hall–Kier alpha value is -0.240. The molecule has 0 aromatic carbocycles. The lowest BCUT2D eigenvalue weighted by molar-refractivity contribution is -0.312. The van der Waals surface area contributed by atoms with Gasteiger partial charge in [-0.25, -0.2) is 0 Å². The Kier molecular flexibility index (Phi) is 7.06. The molecule has 0 amide bonds. The molecule has 0 saturated carbocycles. The first kappa shape index (κ1) is 15.8. The minimum Gasteiger partial charge on any atom is -0.382 e. The van der Waals surface area contributed by atoms with Gasteiger partial charge in [-0.05, 0) is 6.92 Å². The van der Waals surface area contributed by atoms with Crippen LogP contribution in [-0.2, 0) is 28.4 Å². The Morgan fingerprint density at radius 2 is 1.50 bits per heavy atom. The number of hydrogen-bond acceptors (Lipinski definition) is 6. The van der Waals surface area contributed by atoms with Crippen LogP contribution in [0.5, 0.6) is 0 Å². The second-order valence-corrected chi connectivity index (χ2v) is 4.05. The van der Waals surface area contributed by atoms with Crippen molar-refractivity contribution < 1.29 is 28.4 Å². The fourth-order valence-corrected chi connectivity index (χ4v) is 2.28. The fraction of sp³-hybridized carbons (Fsp3) is 1.00. The van der Waals surface area contributed by atoms with E-state index in [0.717, 1.165) is 0 Å². The third-order valence-electron chi connectivity index (χ3n) is 3.07. The van der Waals surface area contributed by atoms with E-state index in [1.165, 1.54) is 0 Å². The van der Waals surface area contributed by atoms with E-state index in [2.05, 4.69) is 0 Å². The van der Waals surface area contributed by atoms with Gasteiger partial charge in [0.1, 0.15) is 24.4 Å². The molecule has 1 saturated heterocycles. The van der Waals surface area contributed by atoms with Gasteiger partial charge in [0.2, 0.25) is 0 Å². The zero-order valence-corrected chi connectivity index (χ0v) is 11.8. The summed E-state index contributed by atoms with van der Waals surface area (Å²) in [6.45, 7) is 2.86. The highest BCUT2D eigenvalue weighted by molar-refractivity contribution is 4.92. The van der Waals surface area contributed by atoms with Gasteiger partial charge < -0.3 is 28.4 Å². The second-order valence-electron chi connectivity index (χ2n) is 4.05. The van der Waals surface area contributed by atoms with Gasteiger partial charge in [-0.15, -0.1) is 0 Å². The van der Waals surface area contributed by atoms with Crippen molar-refractivity contribution >= 4 is 0 Å². The van der Waals surface area contributed by atoms with Crippen LogP contribution < -0.4 is 0 Å². The van der Waals surface area contributed by atoms with E-state index in [4.69, 9.17) is 28.4 Å². The molecule has 0 aromatic rings. The maximum absolute atomic E-state index is 5.83. The van der Waals surface area contributed by atoms with Crippen molar-refractivity contribution in [1.29, 1.82) is 0 Å². The molecule has 1 rings (SSSR count). The first-order chi connectivity index (χ1) is 8.73. The lowest BCUT2D eigenvalue weighted by Crippen LogP contribution is -2.61. The monoisotopic (exact) mass is 264 g/mol. The van der Waals surface area contributed by atoms with Crippen LogP contribution in [0.4, 0.5) is 0 Å². The van der Waals surface area contributed by atoms with E-state index in [1.807, 2.05) is 6.92 Å². The Bertz CT molecular complexity index is 205. The van der Waals surface area contributed by atoms with Gasteiger partial charge in [0, 0.05) is 35.0 Å². The van der Waals surface area contributed by atoms with Crippen LogP contribution >= 0.6 is 0 Å². The molecule has 1 aliphatic heterocycles. The molecular weight excluding hydrogens is 240 g/mol. The molecule has 1 heterocycles. The van der Waals surface area contributed by atoms with Gasteiger partial charge in [-0.1, -0.05) is 0 Å². The van der Waals surface area contributed by atoms with Crippen molar-refractivity contribution in [2.75, 3.05) is 41.7 Å². The van der Waals surface area contributed by atoms with Gasteiger partial charge in [-0.3, -0.25) is 0 Å². The molecule has 0 aliphatic carbocycles. The fourth-order valence-electron chi connectivity index (χ4n) is 2.28. The Morgan fingerprint density at radius 1 is 0.889 bits per heavy atom. The van der Waals surface area contributed by atoms with Crippen molar-refractivity contribution in [2.45, 2.75) is 37.6 Å². The molecule has 5 atom stereocenters. The molecular formula is C12H24O6. The summed E-state index contributed by atoms with van der Waals surface area (Å²) in [5.41, 5.74) is 0. The van der Waals surface area contributed by atoms with E-state index >= 15 is 0 Å². The third-order valence-corrected chi connectivity index (χ3v) is 3.07. The summed E-state index contributed by atoms with van der Waals surface area (Å²) in [6, 6.07) is 0. The number of rotatable bonds is 7. The summed E-state index contributed by atoms with van der Waals surface area (Å²) in [4.78, 5) is 0. The maximum atomic E-state index is 5.83. The minimum atomic E-state index is -0.475. The molecule has 0 unspecified atom stereocenters. The van der Waals surface area contributed by atoms with E-state index in [9.17, 15) is 0 Å². The van der Waals surface area contributed by atoms with Gasteiger partial charge in [0.05, 0.1) is 6.61 Å². The van der Waals surface area contributed by atoms with Crippen molar-refractivity contribution in [1.82, 2.24) is 0 Å². The molecule has 6 heteroatoms. The van der Waals surface area contributed by atoms with Crippen LogP contribution in [0, 0.1) is 0 Å². The maximum Gasteiger partial charge on any atom is 0.186 e. The number of methoxy groups -OCH3 is 4. The largest absolute Gasteiger partial charge is 0.382 e. The second kappa shape index (κ2) is 8.04. The highest BCUT2D eigenvalue weighted by Crippen LogP contribution is 2.27. The van der Waals surface area contributed by atoms with Crippen molar-refractivity contribution in [2.24, 2.45) is 0 Å². The molecule has 108 valence electrons. The summed E-state index contributed by atoms with van der Waals surface area (Å²) in [6.07, 6.45) is -1.56. The minimum absolute atomic E-state index is 0.243. The molecule has 1 fully saturated rings. The predicted octanol–water partition coefficient (Wildman–Crippen LogP) is 0.439. The van der Waals surface area contributed by atoms with Crippen LogP contribution in [0.25, 0.3) is 0 Å². The topological polar surface area (TPSA) is 55.4 Å². The van der Waals surface area contributed by atoms with Crippen molar-refractivity contribution in [3.8, 4) is 0 Å². The smallest absolute Gasteiger partial charge is 0.186 e. The van der Waals surface area contributed by atoms with Crippen molar-refractivity contribution in [3.63, 3.8) is 0 Å². The number of hydrogen-bond donors (Lipinski definition) is 0. The van der Waals surface area contributed by atoms with Crippen LogP contribution in [0.3, 0.4) is 0 Å². The predicted molar refractivity (Wildman–Crippen MR) is 64.6 cm³/mol. The first-order valence-electron chi connectivity index (χ1n) is 6.07. The van der Waals surface area contributed by atoms with E-state index < -0.39 is 6.29 Å². The van der Waals surface area contributed by atoms with Crippen molar-refractivity contribution in [3.05, 3.63) is 0 Å². The van der Waals surface area contributed by atoms with Gasteiger partial charge in [-0.2, -0.15) is 0 Å². The van der Waals surface area contributed by atoms with E-state index in [-0.39, 0.29) is 24.4 Å². The standard InChI is InChI=1S/C12H24O6/c1-6-17-12-11(16-5)10(15-4)9(14-3)8(18-12)7-13-2/h8-12H,6-7H2,1-5H3/t8-,9-,10+,11+,12+/m1/s1. The summed E-state index contributed by atoms with van der Waals surface area (Å²) in [5.74, 6) is 0. The normalized spacial score (nSPS) is 36.8. The molecule has 6 nitrogen and oxygen atoms in total. The summed E-state index contributed by atoms with van der Waals surface area (Å²) < 4.78 is 32.9. The highest BCUT2D eigenvalue weighted by Gasteiger charge is 2.47. The van der Waals surface area contributed by atoms with Crippen LogP contribution in [0.2, 0.25) is 0 Å². The first-order valence-corrected chi connectivity index (χ1v) is 6.07. The molecule has 0 aromatic heterocycles. The molecule has 0 radical (unpaired) electrons. The van der Waals surface area contributed by atoms with Crippen LogP contribution in [-0.4, -0.2) is 72.4 Å². The summed E-state index contributed by atoms with van der Waals surface area (Å²) in [7, 11) is 6.47. The third kappa shape index (κ3) is 3.40. The van der Waals surface area contributed by atoms with E-state index in [1.54, 1.807) is 28.4 Å². The highest BCUT2D eigenvalue weighted by atomic mass is 16.7. The lowest BCUT2D eigenvalue weighted by atomic mass is 9.98. The molecule has 0 spiro atoms. The zero-order valence-electron chi connectivity index (χ0n) is 11.8. The summed E-state index contributed by atoms with van der Waals surface area (Å²) in [5, 5.41) is 0. The zero-order chi connectivity index (χ0) is 13.5. The Balaban J connectivity index is 2.84. The van der Waals surface area contributed by atoms with Crippen LogP contribution in [0.1, 0.15) is 6.92 Å². The average molecular weight is 264 g/mol. The van der Waals surface area contributed by atoms with Gasteiger partial charge in [0.25, 0.3) is 0 Å². The molecule has 0 N–H and O–H groups in total. The number of ether oxygens (including phenoxy) is 6. The summed E-state index contributed by atoms with van der Waals surface area (Å²) >= 11 is 0. The average Bonchev–Trinajstić information content (AvgIpc) is 2.38. The quantitative estimate of drug-likeness (QED) is 0.665. The van der Waals surface area contributed by atoms with Crippen LogP contribution in [0.15, 0.2) is 0 Å². The van der Waals surface area contributed by atoms with E-state index in [0.29, 0.717) is 13.2 Å². The SMILES string of the molecule is CCO[C@H]1O[C@H](COC)[C@@H](OC)[C@H](OC)[C@@H]1OC. The molecule has 18 heavy (non-hydrogen) atoms. The van der Waals surface area contributed by atoms with Gasteiger partial charge >= 0.3 is 0 Å². The Morgan fingerprint density at radius 3 is 1.94 bits per heavy atom.